The first-order chi connectivity index (χ1) is 5.90. The zero-order valence-electron chi connectivity index (χ0n) is 6.12. The number of aromatic nitrogens is 1. The lowest BCUT2D eigenvalue weighted by Crippen LogP contribution is -2.16. The number of fused-ring (bicyclic) bond motifs is 1. The van der Waals surface area contributed by atoms with Crippen molar-refractivity contribution < 1.29 is 9.47 Å². The predicted molar refractivity (Wildman–Crippen MR) is 46.9 cm³/mol. The first-order valence-corrected chi connectivity index (χ1v) is 5.08. The van der Waals surface area contributed by atoms with E-state index in [9.17, 15) is 0 Å². The van der Waals surface area contributed by atoms with Crippen molar-refractivity contribution in [3.05, 3.63) is 12.3 Å². The van der Waals surface area contributed by atoms with Crippen LogP contribution in [0.2, 0.25) is 0 Å². The highest BCUT2D eigenvalue weighted by Gasteiger charge is 2.12. The summed E-state index contributed by atoms with van der Waals surface area (Å²) in [6.45, 7) is 1.14. The van der Waals surface area contributed by atoms with Crippen molar-refractivity contribution in [3.8, 4) is 11.6 Å². The third-order valence-corrected chi connectivity index (χ3v) is 2.40. The van der Waals surface area contributed by atoms with Gasteiger partial charge in [-0.1, -0.05) is 0 Å². The number of ether oxygens (including phenoxy) is 2. The Kier molecular flexibility index (Phi) is 2.28. The lowest BCUT2D eigenvalue weighted by atomic mass is 10.4. The summed E-state index contributed by atoms with van der Waals surface area (Å²) in [6.07, 6.45) is 1.66. The molecular weight excluding hydrogens is 198 g/mol. The number of hydrogen-bond donors (Lipinski definition) is 0. The van der Waals surface area contributed by atoms with Crippen molar-refractivity contribution in [1.82, 2.24) is 4.98 Å². The largest absolute Gasteiger partial charge is 0.484 e. The average molecular weight is 204 g/mol. The maximum atomic E-state index is 5.55. The number of rotatable bonds is 1. The number of halogens is 1. The first kappa shape index (κ1) is 8.01. The van der Waals surface area contributed by atoms with Gasteiger partial charge in [0.2, 0.25) is 0 Å². The van der Waals surface area contributed by atoms with E-state index in [0.29, 0.717) is 24.8 Å². The van der Waals surface area contributed by atoms with Gasteiger partial charge in [0.1, 0.15) is 13.2 Å². The molecule has 0 aliphatic carbocycles. The lowest BCUT2D eigenvalue weighted by molar-refractivity contribution is 0.164. The Morgan fingerprint density at radius 1 is 1.42 bits per heavy atom. The third kappa shape index (κ3) is 1.44. The fourth-order valence-corrected chi connectivity index (χ4v) is 1.46. The zero-order valence-corrected chi connectivity index (χ0v) is 7.69. The molecule has 2 heterocycles. The van der Waals surface area contributed by atoms with Crippen molar-refractivity contribution in [2.45, 2.75) is 4.90 Å². The minimum absolute atomic E-state index is 0.552. The zero-order chi connectivity index (χ0) is 8.39. The second kappa shape index (κ2) is 3.41. The SMILES string of the molecule is ClSc1cnc2c(c1)OCCO2. The molecule has 0 saturated carbocycles. The topological polar surface area (TPSA) is 31.4 Å². The van der Waals surface area contributed by atoms with Crippen LogP contribution in [0, 0.1) is 0 Å². The molecule has 0 spiro atoms. The first-order valence-electron chi connectivity index (χ1n) is 3.44. The van der Waals surface area contributed by atoms with Gasteiger partial charge in [0, 0.05) is 17.2 Å². The molecule has 0 unspecified atom stereocenters. The second-order valence-electron chi connectivity index (χ2n) is 2.25. The third-order valence-electron chi connectivity index (χ3n) is 1.46. The van der Waals surface area contributed by atoms with Gasteiger partial charge in [-0.2, -0.15) is 0 Å². The fraction of sp³-hybridized carbons (Fsp3) is 0.286. The fourth-order valence-electron chi connectivity index (χ4n) is 0.958. The monoisotopic (exact) mass is 203 g/mol. The van der Waals surface area contributed by atoms with Crippen LogP contribution in [0.3, 0.4) is 0 Å². The smallest absolute Gasteiger partial charge is 0.257 e. The van der Waals surface area contributed by atoms with Gasteiger partial charge in [0.05, 0.1) is 0 Å². The maximum Gasteiger partial charge on any atom is 0.257 e. The summed E-state index contributed by atoms with van der Waals surface area (Å²) in [5, 5.41) is 0. The van der Waals surface area contributed by atoms with Crippen molar-refractivity contribution in [3.63, 3.8) is 0 Å². The van der Waals surface area contributed by atoms with Gasteiger partial charge in [-0.15, -0.1) is 0 Å². The predicted octanol–water partition coefficient (Wildman–Crippen LogP) is 2.10. The molecule has 0 atom stereocenters. The molecular formula is C7H6ClNO2S. The minimum Gasteiger partial charge on any atom is -0.484 e. The van der Waals surface area contributed by atoms with E-state index in [2.05, 4.69) is 4.98 Å². The molecule has 1 aromatic rings. The van der Waals surface area contributed by atoms with E-state index in [1.807, 2.05) is 6.07 Å². The van der Waals surface area contributed by atoms with Crippen molar-refractivity contribution in [1.29, 1.82) is 0 Å². The van der Waals surface area contributed by atoms with Crippen molar-refractivity contribution in [2.75, 3.05) is 13.2 Å². The quantitative estimate of drug-likeness (QED) is 0.700. The summed E-state index contributed by atoms with van der Waals surface area (Å²) in [6, 6.07) is 1.82. The van der Waals surface area contributed by atoms with Gasteiger partial charge in [0.15, 0.2) is 5.75 Å². The van der Waals surface area contributed by atoms with Crippen LogP contribution in [0.5, 0.6) is 11.6 Å². The normalized spacial score (nSPS) is 14.4. The molecule has 1 aliphatic rings. The lowest BCUT2D eigenvalue weighted by Gasteiger charge is -2.16. The number of hydrogen-bond acceptors (Lipinski definition) is 4. The van der Waals surface area contributed by atoms with E-state index < -0.39 is 0 Å². The Morgan fingerprint density at radius 2 is 2.25 bits per heavy atom. The van der Waals surface area contributed by atoms with Gasteiger partial charge in [-0.3, -0.25) is 0 Å². The van der Waals surface area contributed by atoms with E-state index in [4.69, 9.17) is 20.2 Å². The van der Waals surface area contributed by atoms with Crippen LogP contribution in [-0.2, 0) is 0 Å². The molecule has 0 saturated heterocycles. The molecule has 64 valence electrons. The Labute approximate surface area is 78.5 Å². The molecule has 0 bridgehead atoms. The molecule has 0 aromatic carbocycles. The van der Waals surface area contributed by atoms with Gasteiger partial charge in [-0.25, -0.2) is 4.98 Å². The van der Waals surface area contributed by atoms with Gasteiger partial charge in [-0.05, 0) is 21.7 Å². The highest BCUT2D eigenvalue weighted by atomic mass is 35.7. The highest BCUT2D eigenvalue weighted by Crippen LogP contribution is 2.32. The summed E-state index contributed by atoms with van der Waals surface area (Å²) in [5.41, 5.74) is 0. The van der Waals surface area contributed by atoms with Gasteiger partial charge >= 0.3 is 0 Å². The van der Waals surface area contributed by atoms with Crippen LogP contribution in [0.15, 0.2) is 17.2 Å². The molecule has 0 amide bonds. The molecule has 3 nitrogen and oxygen atoms in total. The van der Waals surface area contributed by atoms with Crippen molar-refractivity contribution >= 4 is 21.7 Å². The van der Waals surface area contributed by atoms with E-state index in [1.54, 1.807) is 6.20 Å². The molecule has 2 rings (SSSR count). The van der Waals surface area contributed by atoms with Crippen LogP contribution in [0.4, 0.5) is 0 Å². The van der Waals surface area contributed by atoms with Gasteiger partial charge in [0.25, 0.3) is 5.88 Å². The number of pyridine rings is 1. The molecule has 1 aliphatic heterocycles. The molecule has 0 fully saturated rings. The molecule has 12 heavy (non-hydrogen) atoms. The summed E-state index contributed by atoms with van der Waals surface area (Å²) in [4.78, 5) is 4.90. The standard InChI is InChI=1S/C7H6ClNO2S/c8-12-5-3-6-7(9-4-5)11-2-1-10-6/h3-4H,1-2H2. The van der Waals surface area contributed by atoms with Gasteiger partial charge < -0.3 is 9.47 Å². The van der Waals surface area contributed by atoms with Crippen LogP contribution >= 0.6 is 21.7 Å². The molecule has 0 radical (unpaired) electrons. The Morgan fingerprint density at radius 3 is 3.08 bits per heavy atom. The average Bonchev–Trinajstić information content (AvgIpc) is 2.17. The summed E-state index contributed by atoms with van der Waals surface area (Å²) in [7, 11) is 6.67. The minimum atomic E-state index is 0.552. The summed E-state index contributed by atoms with van der Waals surface area (Å²) < 4.78 is 10.5. The van der Waals surface area contributed by atoms with Crippen LogP contribution in [-0.4, -0.2) is 18.2 Å². The van der Waals surface area contributed by atoms with Crippen LogP contribution in [0.25, 0.3) is 0 Å². The molecule has 1 aromatic heterocycles. The Balaban J connectivity index is 2.36. The molecule has 0 N–H and O–H groups in total. The van der Waals surface area contributed by atoms with E-state index >= 15 is 0 Å². The second-order valence-corrected chi connectivity index (χ2v) is 3.34. The van der Waals surface area contributed by atoms with Crippen LogP contribution < -0.4 is 9.47 Å². The van der Waals surface area contributed by atoms with E-state index in [0.717, 1.165) is 15.9 Å². The highest BCUT2D eigenvalue weighted by molar-refractivity contribution is 8.21. The Hall–Kier alpha value is -0.610. The van der Waals surface area contributed by atoms with E-state index in [-0.39, 0.29) is 0 Å². The molecule has 5 heteroatoms. The van der Waals surface area contributed by atoms with E-state index in [1.165, 1.54) is 0 Å². The summed E-state index contributed by atoms with van der Waals surface area (Å²) in [5.74, 6) is 1.22. The number of nitrogens with zero attached hydrogens (tertiary/aromatic N) is 1. The van der Waals surface area contributed by atoms with Crippen molar-refractivity contribution in [2.24, 2.45) is 0 Å². The summed E-state index contributed by atoms with van der Waals surface area (Å²) >= 11 is 0. The van der Waals surface area contributed by atoms with Crippen LogP contribution in [0.1, 0.15) is 0 Å². The maximum absolute atomic E-state index is 5.55. The Bertz CT molecular complexity index is 295.